The summed E-state index contributed by atoms with van der Waals surface area (Å²) in [5.74, 6) is -0.0730. The van der Waals surface area contributed by atoms with Gasteiger partial charge in [-0.2, -0.15) is 0 Å². The maximum atomic E-state index is 12.8. The molecule has 0 saturated carbocycles. The van der Waals surface area contributed by atoms with Gasteiger partial charge in [-0.25, -0.2) is 9.59 Å². The summed E-state index contributed by atoms with van der Waals surface area (Å²) in [6, 6.07) is 14.2. The van der Waals surface area contributed by atoms with Crippen LogP contribution in [0.5, 0.6) is 5.75 Å². The summed E-state index contributed by atoms with van der Waals surface area (Å²) in [7, 11) is 0. The fourth-order valence-electron chi connectivity index (χ4n) is 3.93. The van der Waals surface area contributed by atoms with Gasteiger partial charge in [-0.05, 0) is 30.0 Å². The van der Waals surface area contributed by atoms with E-state index in [1.165, 1.54) is 0 Å². The number of carbonyl (C=O) groups excluding carboxylic acids is 2. The van der Waals surface area contributed by atoms with E-state index >= 15 is 0 Å². The topological polar surface area (TPSA) is 89.0 Å². The van der Waals surface area contributed by atoms with Crippen LogP contribution in [0.25, 0.3) is 0 Å². The minimum Gasteiger partial charge on any atom is -0.445 e. The van der Waals surface area contributed by atoms with Gasteiger partial charge >= 0.3 is 12.1 Å². The van der Waals surface area contributed by atoms with E-state index in [0.717, 1.165) is 22.5 Å². The van der Waals surface area contributed by atoms with Gasteiger partial charge < -0.3 is 20.1 Å². The van der Waals surface area contributed by atoms with Crippen molar-refractivity contribution in [2.75, 3.05) is 5.32 Å². The molecular weight excluding hydrogens is 406 g/mol. The van der Waals surface area contributed by atoms with Crippen LogP contribution in [-0.2, 0) is 16.1 Å². The molecule has 166 valence electrons. The predicted molar refractivity (Wildman–Crippen MR) is 123 cm³/mol. The highest BCUT2D eigenvalue weighted by Gasteiger charge is 2.34. The molecule has 1 amide bonds. The number of anilines is 1. The molecule has 2 aromatic carbocycles. The molecule has 7 heteroatoms. The van der Waals surface area contributed by atoms with Crippen LogP contribution in [-0.4, -0.2) is 29.9 Å². The number of ether oxygens (including phenoxy) is 2. The predicted octanol–water partition coefficient (Wildman–Crippen LogP) is 4.41. The Bertz CT molecular complexity index is 1060. The Morgan fingerprint density at radius 2 is 1.94 bits per heavy atom. The Morgan fingerprint density at radius 1 is 1.16 bits per heavy atom. The Hall–Kier alpha value is -3.61. The van der Waals surface area contributed by atoms with Gasteiger partial charge in [-0.1, -0.05) is 56.3 Å². The summed E-state index contributed by atoms with van der Waals surface area (Å²) in [4.78, 5) is 29.4. The fraction of sp³-hybridized carbons (Fsp3) is 0.320. The number of hydrogen-bond donors (Lipinski definition) is 2. The molecule has 4 rings (SSSR count). The zero-order valence-electron chi connectivity index (χ0n) is 18.4. The Morgan fingerprint density at radius 3 is 2.69 bits per heavy atom. The first-order valence-electron chi connectivity index (χ1n) is 10.7. The van der Waals surface area contributed by atoms with Crippen LogP contribution in [0.3, 0.4) is 0 Å². The first-order valence-corrected chi connectivity index (χ1v) is 10.7. The van der Waals surface area contributed by atoms with Gasteiger partial charge in [-0.3, -0.25) is 4.99 Å². The van der Waals surface area contributed by atoms with E-state index in [-0.39, 0.29) is 24.5 Å². The maximum absolute atomic E-state index is 12.8. The van der Waals surface area contributed by atoms with Crippen LogP contribution in [0.1, 0.15) is 37.8 Å². The molecule has 0 aliphatic carbocycles. The molecule has 0 spiro atoms. The molecule has 0 fully saturated rings. The van der Waals surface area contributed by atoms with Crippen molar-refractivity contribution in [3.8, 4) is 5.75 Å². The highest BCUT2D eigenvalue weighted by molar-refractivity contribution is 5.95. The fourth-order valence-corrected chi connectivity index (χ4v) is 3.93. The molecule has 2 heterocycles. The van der Waals surface area contributed by atoms with Gasteiger partial charge in [0.25, 0.3) is 0 Å². The van der Waals surface area contributed by atoms with Gasteiger partial charge in [0, 0.05) is 29.6 Å². The Balaban J connectivity index is 1.38. The van der Waals surface area contributed by atoms with E-state index in [1.54, 1.807) is 6.07 Å². The van der Waals surface area contributed by atoms with Crippen LogP contribution in [0, 0.1) is 5.92 Å². The molecule has 0 aromatic heterocycles. The van der Waals surface area contributed by atoms with E-state index < -0.39 is 18.1 Å². The molecule has 2 aliphatic rings. The number of hydrogen-bond acceptors (Lipinski definition) is 6. The van der Waals surface area contributed by atoms with Gasteiger partial charge in [0.15, 0.2) is 0 Å². The van der Waals surface area contributed by atoms with E-state index in [4.69, 9.17) is 9.47 Å². The summed E-state index contributed by atoms with van der Waals surface area (Å²) in [5.41, 5.74) is 3.95. The standard InChI is InChI=1S/C25H27N3O4/c1-15(2)22(28-25(30)31-14-17-7-5-4-6-8-17)24(29)32-18-9-10-19-20-11-12-26-16(3)23(20)27-21(19)13-18/h4-13,15,20,22-23,27H,14H2,1-3H3,(H,28,30). The quantitative estimate of drug-likeness (QED) is 0.520. The van der Waals surface area contributed by atoms with Crippen molar-refractivity contribution in [2.24, 2.45) is 10.9 Å². The number of carbonyl (C=O) groups is 2. The number of amides is 1. The lowest BCUT2D eigenvalue weighted by atomic mass is 9.91. The smallest absolute Gasteiger partial charge is 0.408 e. The molecule has 3 unspecified atom stereocenters. The lowest BCUT2D eigenvalue weighted by Crippen LogP contribution is -2.46. The zero-order valence-corrected chi connectivity index (χ0v) is 18.4. The molecule has 32 heavy (non-hydrogen) atoms. The summed E-state index contributed by atoms with van der Waals surface area (Å²) in [5, 5.41) is 6.08. The molecule has 0 saturated heterocycles. The van der Waals surface area contributed by atoms with Gasteiger partial charge in [0.2, 0.25) is 0 Å². The molecule has 0 bridgehead atoms. The summed E-state index contributed by atoms with van der Waals surface area (Å²) in [6.45, 7) is 5.80. The first kappa shape index (κ1) is 21.6. The molecule has 3 atom stereocenters. The van der Waals surface area contributed by atoms with Gasteiger partial charge in [0.1, 0.15) is 18.4 Å². The van der Waals surface area contributed by atoms with E-state index in [9.17, 15) is 9.59 Å². The van der Waals surface area contributed by atoms with Crippen LogP contribution < -0.4 is 15.4 Å². The lowest BCUT2D eigenvalue weighted by Gasteiger charge is -2.20. The second-order valence-electron chi connectivity index (χ2n) is 8.36. The van der Waals surface area contributed by atoms with Crippen molar-refractivity contribution in [3.05, 3.63) is 71.9 Å². The summed E-state index contributed by atoms with van der Waals surface area (Å²) < 4.78 is 10.9. The number of benzene rings is 2. The molecule has 7 nitrogen and oxygen atoms in total. The highest BCUT2D eigenvalue weighted by Crippen LogP contribution is 2.40. The average Bonchev–Trinajstić information content (AvgIpc) is 3.15. The molecular formula is C25H27N3O4. The van der Waals surface area contributed by atoms with Crippen LogP contribution >= 0.6 is 0 Å². The van der Waals surface area contributed by atoms with Gasteiger partial charge in [0.05, 0.1) is 6.04 Å². The van der Waals surface area contributed by atoms with Crippen molar-refractivity contribution in [1.29, 1.82) is 0 Å². The molecule has 2 aliphatic heterocycles. The summed E-state index contributed by atoms with van der Waals surface area (Å²) in [6.07, 6.45) is 3.24. The van der Waals surface area contributed by atoms with Crippen molar-refractivity contribution < 1.29 is 19.1 Å². The number of nitrogens with one attached hydrogen (secondary N) is 2. The Labute approximate surface area is 187 Å². The summed E-state index contributed by atoms with van der Waals surface area (Å²) >= 11 is 0. The van der Waals surface area contributed by atoms with Crippen molar-refractivity contribution in [1.82, 2.24) is 5.32 Å². The zero-order chi connectivity index (χ0) is 22.7. The number of fused-ring (bicyclic) bond motifs is 3. The third-order valence-corrected chi connectivity index (χ3v) is 5.70. The second-order valence-corrected chi connectivity index (χ2v) is 8.36. The number of esters is 1. The monoisotopic (exact) mass is 433 g/mol. The highest BCUT2D eigenvalue weighted by atomic mass is 16.6. The lowest BCUT2D eigenvalue weighted by molar-refractivity contribution is -0.137. The van der Waals surface area contributed by atoms with E-state index in [0.29, 0.717) is 5.75 Å². The van der Waals surface area contributed by atoms with Crippen LogP contribution in [0.4, 0.5) is 10.5 Å². The normalized spacial score (nSPS) is 19.3. The van der Waals surface area contributed by atoms with Gasteiger partial charge in [-0.15, -0.1) is 0 Å². The average molecular weight is 434 g/mol. The van der Waals surface area contributed by atoms with Crippen LogP contribution in [0.15, 0.2) is 65.8 Å². The van der Waals surface area contributed by atoms with E-state index in [2.05, 4.69) is 21.7 Å². The number of aliphatic imine (C=N–C) groups is 1. The number of alkyl carbamates (subject to hydrolysis) is 1. The molecule has 0 radical (unpaired) electrons. The number of rotatable bonds is 6. The third-order valence-electron chi connectivity index (χ3n) is 5.70. The Kier molecular flexibility index (Phi) is 6.25. The first-order chi connectivity index (χ1) is 15.4. The van der Waals surface area contributed by atoms with Crippen molar-refractivity contribution >= 4 is 23.5 Å². The minimum absolute atomic E-state index is 0.116. The number of nitrogens with zero attached hydrogens (tertiary/aromatic N) is 1. The largest absolute Gasteiger partial charge is 0.445 e. The SMILES string of the molecule is CC1=NC=CC2c3ccc(OC(=O)C(NC(=O)OCc4ccccc4)C(C)C)cc3NC12. The van der Waals surface area contributed by atoms with Crippen molar-refractivity contribution in [3.63, 3.8) is 0 Å². The minimum atomic E-state index is -0.834. The molecule has 2 aromatic rings. The third kappa shape index (κ3) is 4.66. The maximum Gasteiger partial charge on any atom is 0.408 e. The van der Waals surface area contributed by atoms with Crippen LogP contribution in [0.2, 0.25) is 0 Å². The van der Waals surface area contributed by atoms with Crippen molar-refractivity contribution in [2.45, 2.75) is 45.4 Å². The van der Waals surface area contributed by atoms with E-state index in [1.807, 2.05) is 69.4 Å². The second kappa shape index (κ2) is 9.26. The molecule has 2 N–H and O–H groups in total.